The van der Waals surface area contributed by atoms with Crippen LogP contribution >= 0.6 is 0 Å². The van der Waals surface area contributed by atoms with Crippen molar-refractivity contribution in [1.29, 1.82) is 0 Å². The highest BCUT2D eigenvalue weighted by atomic mass is 16.2. The molecule has 4 aromatic carbocycles. The van der Waals surface area contributed by atoms with Crippen LogP contribution in [-0.2, 0) is 0 Å². The maximum atomic E-state index is 11.1. The Hall–Kier alpha value is -6.04. The molecular formula is C36H48N8O4. The zero-order chi connectivity index (χ0) is 35.9. The lowest BCUT2D eigenvalue weighted by Gasteiger charge is -2.02. The van der Waals surface area contributed by atoms with Crippen molar-refractivity contribution in [3.8, 4) is 0 Å². The molecule has 0 radical (unpaired) electrons. The van der Waals surface area contributed by atoms with Crippen LogP contribution in [0.1, 0.15) is 41.4 Å². The van der Waals surface area contributed by atoms with Gasteiger partial charge in [-0.15, -0.1) is 0 Å². The molecule has 0 aliphatic heterocycles. The molecule has 4 rings (SSSR count). The zero-order valence-corrected chi connectivity index (χ0v) is 28.9. The number of carbonyl (C=O) groups is 4. The van der Waals surface area contributed by atoms with E-state index in [1.54, 1.807) is 76.7 Å². The SMILES string of the molecule is CNC(=O)c1cccc(NC)c1.CNC(=O)c1cccc(NC)c1.CNC(=O)c1cccc(NC)c1.CNC(=O)c1cccc(NC)c1. The van der Waals surface area contributed by atoms with Crippen LogP contribution < -0.4 is 42.5 Å². The molecule has 0 atom stereocenters. The summed E-state index contributed by atoms with van der Waals surface area (Å²) in [5, 5.41) is 22.1. The smallest absolute Gasteiger partial charge is 0.251 e. The first-order valence-electron chi connectivity index (χ1n) is 15.1. The molecule has 0 saturated carbocycles. The van der Waals surface area contributed by atoms with E-state index >= 15 is 0 Å². The topological polar surface area (TPSA) is 165 Å². The van der Waals surface area contributed by atoms with Crippen molar-refractivity contribution in [3.63, 3.8) is 0 Å². The minimum atomic E-state index is -0.0629. The van der Waals surface area contributed by atoms with Gasteiger partial charge in [-0.2, -0.15) is 0 Å². The third-order valence-corrected chi connectivity index (χ3v) is 6.56. The third kappa shape index (κ3) is 13.9. The standard InChI is InChI=1S/4C9H12N2O/c4*1-10-8-5-3-4-7(6-8)9(12)11-2/h4*3-6,10H,1-2H3,(H,11,12). The molecule has 0 heterocycles. The lowest BCUT2D eigenvalue weighted by molar-refractivity contribution is 0.0955. The number of benzene rings is 4. The number of hydrogen-bond donors (Lipinski definition) is 8. The van der Waals surface area contributed by atoms with Crippen LogP contribution in [0.4, 0.5) is 22.7 Å². The fourth-order valence-corrected chi connectivity index (χ4v) is 3.84. The van der Waals surface area contributed by atoms with Crippen molar-refractivity contribution < 1.29 is 19.2 Å². The van der Waals surface area contributed by atoms with Crippen molar-refractivity contribution >= 4 is 46.4 Å². The number of hydrogen-bond acceptors (Lipinski definition) is 8. The Balaban J connectivity index is 0.000000320. The van der Waals surface area contributed by atoms with Crippen LogP contribution in [0.2, 0.25) is 0 Å². The van der Waals surface area contributed by atoms with Crippen molar-refractivity contribution in [3.05, 3.63) is 119 Å². The van der Waals surface area contributed by atoms with Gasteiger partial charge in [0.15, 0.2) is 0 Å². The molecular weight excluding hydrogens is 608 g/mol. The first-order valence-corrected chi connectivity index (χ1v) is 15.1. The Kier molecular flexibility index (Phi) is 18.7. The molecule has 0 bridgehead atoms. The molecule has 0 saturated heterocycles. The van der Waals surface area contributed by atoms with Crippen LogP contribution in [0.5, 0.6) is 0 Å². The number of amides is 4. The van der Waals surface area contributed by atoms with Gasteiger partial charge in [0.05, 0.1) is 0 Å². The number of nitrogens with one attached hydrogen (secondary N) is 8. The van der Waals surface area contributed by atoms with E-state index in [1.807, 2.05) is 76.7 Å². The van der Waals surface area contributed by atoms with E-state index in [0.29, 0.717) is 22.3 Å². The summed E-state index contributed by atoms with van der Waals surface area (Å²) in [6.07, 6.45) is 0. The predicted octanol–water partition coefficient (Wildman–Crippen LogP) is 4.35. The molecule has 12 heteroatoms. The van der Waals surface area contributed by atoms with Crippen LogP contribution in [-0.4, -0.2) is 80.0 Å². The molecule has 0 aliphatic carbocycles. The number of carbonyl (C=O) groups excluding carboxylic acids is 4. The first kappa shape index (κ1) is 40.0. The minimum Gasteiger partial charge on any atom is -0.388 e. The van der Waals surface area contributed by atoms with Gasteiger partial charge in [0, 0.05) is 101 Å². The summed E-state index contributed by atoms with van der Waals surface area (Å²) in [5.41, 5.74) is 6.45. The fourth-order valence-electron chi connectivity index (χ4n) is 3.84. The van der Waals surface area contributed by atoms with Gasteiger partial charge < -0.3 is 42.5 Å². The average Bonchev–Trinajstić information content (AvgIpc) is 3.17. The van der Waals surface area contributed by atoms with Gasteiger partial charge in [-0.05, 0) is 72.8 Å². The molecule has 0 unspecified atom stereocenters. The Morgan fingerprint density at radius 3 is 0.667 bits per heavy atom. The molecule has 256 valence electrons. The van der Waals surface area contributed by atoms with Crippen LogP contribution in [0.3, 0.4) is 0 Å². The highest BCUT2D eigenvalue weighted by Gasteiger charge is 2.04. The Bertz CT molecular complexity index is 1370. The molecule has 0 fully saturated rings. The third-order valence-electron chi connectivity index (χ3n) is 6.56. The minimum absolute atomic E-state index is 0.0629. The van der Waals surface area contributed by atoms with Crippen LogP contribution in [0.25, 0.3) is 0 Å². The molecule has 4 amide bonds. The second kappa shape index (κ2) is 22.5. The molecule has 4 aromatic rings. The summed E-state index contributed by atoms with van der Waals surface area (Å²) >= 11 is 0. The van der Waals surface area contributed by atoms with Gasteiger partial charge in [0.1, 0.15) is 0 Å². The second-order valence-electron chi connectivity index (χ2n) is 9.64. The van der Waals surface area contributed by atoms with E-state index < -0.39 is 0 Å². The van der Waals surface area contributed by atoms with Gasteiger partial charge in [-0.1, -0.05) is 24.3 Å². The Morgan fingerprint density at radius 1 is 0.333 bits per heavy atom. The summed E-state index contributed by atoms with van der Waals surface area (Å²) in [7, 11) is 13.8. The zero-order valence-electron chi connectivity index (χ0n) is 28.9. The predicted molar refractivity (Wildman–Crippen MR) is 198 cm³/mol. The fraction of sp³-hybridized carbons (Fsp3) is 0.222. The first-order chi connectivity index (χ1) is 23.1. The second-order valence-corrected chi connectivity index (χ2v) is 9.64. The van der Waals surface area contributed by atoms with Gasteiger partial charge in [-0.3, -0.25) is 19.2 Å². The van der Waals surface area contributed by atoms with Gasteiger partial charge in [0.2, 0.25) is 0 Å². The Morgan fingerprint density at radius 2 is 0.521 bits per heavy atom. The lowest BCUT2D eigenvalue weighted by Crippen LogP contribution is -2.17. The monoisotopic (exact) mass is 656 g/mol. The highest BCUT2D eigenvalue weighted by molar-refractivity contribution is 5.96. The van der Waals surface area contributed by atoms with Gasteiger partial charge in [-0.25, -0.2) is 0 Å². The average molecular weight is 657 g/mol. The summed E-state index contributed by atoms with van der Waals surface area (Å²) in [6, 6.07) is 29.3. The maximum absolute atomic E-state index is 11.1. The van der Waals surface area contributed by atoms with Crippen LogP contribution in [0.15, 0.2) is 97.1 Å². The van der Waals surface area contributed by atoms with E-state index in [0.717, 1.165) is 22.7 Å². The lowest BCUT2D eigenvalue weighted by atomic mass is 10.2. The molecule has 0 spiro atoms. The number of anilines is 4. The highest BCUT2D eigenvalue weighted by Crippen LogP contribution is 2.11. The summed E-state index contributed by atoms with van der Waals surface area (Å²) in [5.74, 6) is -0.251. The normalized spacial score (nSPS) is 9.17. The van der Waals surface area contributed by atoms with E-state index in [2.05, 4.69) is 42.5 Å². The van der Waals surface area contributed by atoms with Gasteiger partial charge >= 0.3 is 0 Å². The van der Waals surface area contributed by atoms with E-state index in [4.69, 9.17) is 0 Å². The summed E-state index contributed by atoms with van der Waals surface area (Å²) < 4.78 is 0. The summed E-state index contributed by atoms with van der Waals surface area (Å²) in [6.45, 7) is 0. The number of rotatable bonds is 8. The molecule has 0 aliphatic rings. The van der Waals surface area contributed by atoms with Crippen molar-refractivity contribution in [1.82, 2.24) is 21.3 Å². The maximum Gasteiger partial charge on any atom is 0.251 e. The summed E-state index contributed by atoms with van der Waals surface area (Å²) in [4.78, 5) is 44.6. The van der Waals surface area contributed by atoms with Crippen molar-refractivity contribution in [2.75, 3.05) is 77.6 Å². The quantitative estimate of drug-likeness (QED) is 0.139. The van der Waals surface area contributed by atoms with Gasteiger partial charge in [0.25, 0.3) is 23.6 Å². The van der Waals surface area contributed by atoms with Crippen molar-refractivity contribution in [2.24, 2.45) is 0 Å². The largest absolute Gasteiger partial charge is 0.388 e. The molecule has 8 N–H and O–H groups in total. The van der Waals surface area contributed by atoms with E-state index in [9.17, 15) is 19.2 Å². The molecule has 48 heavy (non-hydrogen) atoms. The van der Waals surface area contributed by atoms with Crippen molar-refractivity contribution in [2.45, 2.75) is 0 Å². The molecule has 12 nitrogen and oxygen atoms in total. The van der Waals surface area contributed by atoms with E-state index in [-0.39, 0.29) is 23.6 Å². The van der Waals surface area contributed by atoms with E-state index in [1.165, 1.54) is 0 Å². The molecule has 0 aromatic heterocycles. The van der Waals surface area contributed by atoms with Crippen LogP contribution in [0, 0.1) is 0 Å². The Labute approximate surface area is 283 Å².